The van der Waals surface area contributed by atoms with Crippen molar-refractivity contribution >= 4 is 33.9 Å². The number of carbonyl (C=O) groups is 2. The number of hydrogen-bond acceptors (Lipinski definition) is 3. The Kier molecular flexibility index (Phi) is 4.35. The Morgan fingerprint density at radius 3 is 2.54 bits per heavy atom. The first-order valence-corrected chi connectivity index (χ1v) is 7.81. The van der Waals surface area contributed by atoms with Crippen molar-refractivity contribution in [2.45, 2.75) is 6.54 Å². The molecule has 0 spiro atoms. The molecule has 2 N–H and O–H groups in total. The van der Waals surface area contributed by atoms with Crippen molar-refractivity contribution in [2.24, 2.45) is 0 Å². The van der Waals surface area contributed by atoms with E-state index in [2.05, 4.69) is 21.2 Å². The zero-order valence-electron chi connectivity index (χ0n) is 12.3. The Hall–Kier alpha value is -2.67. The molecule has 5 nitrogen and oxygen atoms in total. The lowest BCUT2D eigenvalue weighted by Crippen LogP contribution is -2.30. The van der Waals surface area contributed by atoms with E-state index in [-0.39, 0.29) is 23.8 Å². The predicted molar refractivity (Wildman–Crippen MR) is 89.3 cm³/mol. The Bertz CT molecular complexity index is 849. The van der Waals surface area contributed by atoms with Crippen LogP contribution in [0.1, 0.15) is 11.1 Å². The first-order chi connectivity index (χ1) is 11.4. The van der Waals surface area contributed by atoms with Crippen molar-refractivity contribution in [2.75, 3.05) is 0 Å². The molecule has 1 aliphatic rings. The number of amides is 3. The number of phenolic OH excluding ortho intramolecular Hbond substituents is 1. The van der Waals surface area contributed by atoms with Gasteiger partial charge in [0.1, 0.15) is 17.3 Å². The summed E-state index contributed by atoms with van der Waals surface area (Å²) < 4.78 is 13.4. The number of nitrogens with one attached hydrogen (secondary N) is 1. The molecule has 0 saturated carbocycles. The maximum Gasteiger partial charge on any atom is 0.329 e. The minimum Gasteiger partial charge on any atom is -0.507 e. The number of aromatic hydroxyl groups is 1. The average Bonchev–Trinajstić information content (AvgIpc) is 2.80. The normalized spacial score (nSPS) is 15.9. The summed E-state index contributed by atoms with van der Waals surface area (Å²) in [5.74, 6) is -0.764. The minimum absolute atomic E-state index is 0.0571. The Balaban J connectivity index is 1.81. The van der Waals surface area contributed by atoms with E-state index in [1.54, 1.807) is 12.1 Å². The van der Waals surface area contributed by atoms with Gasteiger partial charge in [0, 0.05) is 0 Å². The molecule has 0 radical (unpaired) electrons. The third-order valence-electron chi connectivity index (χ3n) is 3.50. The van der Waals surface area contributed by atoms with Crippen molar-refractivity contribution in [1.82, 2.24) is 10.2 Å². The molecular weight excluding hydrogens is 379 g/mol. The van der Waals surface area contributed by atoms with E-state index < -0.39 is 11.9 Å². The van der Waals surface area contributed by atoms with Crippen LogP contribution in [0.15, 0.2) is 52.6 Å². The lowest BCUT2D eigenvalue weighted by Gasteiger charge is -2.11. The molecule has 2 aromatic carbocycles. The first kappa shape index (κ1) is 16.2. The SMILES string of the molecule is O=C1N/C(=C/c2ccc(O)c(Br)c2)C(=O)N1Cc1ccc(F)cc1. The first-order valence-electron chi connectivity index (χ1n) is 7.01. The van der Waals surface area contributed by atoms with Crippen LogP contribution >= 0.6 is 15.9 Å². The van der Waals surface area contributed by atoms with Gasteiger partial charge in [-0.3, -0.25) is 9.69 Å². The number of imide groups is 1. The fraction of sp³-hybridized carbons (Fsp3) is 0.0588. The Morgan fingerprint density at radius 1 is 1.17 bits per heavy atom. The third-order valence-corrected chi connectivity index (χ3v) is 4.13. The van der Waals surface area contributed by atoms with Crippen LogP contribution in [0.5, 0.6) is 5.75 Å². The molecule has 0 atom stereocenters. The van der Waals surface area contributed by atoms with E-state index in [4.69, 9.17) is 0 Å². The van der Waals surface area contributed by atoms with Gasteiger partial charge in [-0.25, -0.2) is 9.18 Å². The van der Waals surface area contributed by atoms with Gasteiger partial charge in [-0.15, -0.1) is 0 Å². The van der Waals surface area contributed by atoms with Crippen molar-refractivity contribution in [3.63, 3.8) is 0 Å². The second-order valence-corrected chi connectivity index (χ2v) is 6.07. The van der Waals surface area contributed by atoms with Crippen molar-refractivity contribution < 1.29 is 19.1 Å². The number of rotatable bonds is 3. The molecule has 1 saturated heterocycles. The highest BCUT2D eigenvalue weighted by atomic mass is 79.9. The molecule has 24 heavy (non-hydrogen) atoms. The molecule has 3 rings (SSSR count). The number of halogens is 2. The van der Waals surface area contributed by atoms with E-state index in [1.165, 1.54) is 36.4 Å². The molecule has 122 valence electrons. The number of hydrogen-bond donors (Lipinski definition) is 2. The molecule has 0 bridgehead atoms. The summed E-state index contributed by atoms with van der Waals surface area (Å²) in [5, 5.41) is 12.0. The molecule has 1 heterocycles. The van der Waals surface area contributed by atoms with Gasteiger partial charge in [-0.1, -0.05) is 18.2 Å². The number of phenols is 1. The van der Waals surface area contributed by atoms with Gasteiger partial charge in [-0.2, -0.15) is 0 Å². The fourth-order valence-corrected chi connectivity index (χ4v) is 2.66. The van der Waals surface area contributed by atoms with Crippen LogP contribution < -0.4 is 5.32 Å². The second kappa shape index (κ2) is 6.45. The van der Waals surface area contributed by atoms with Crippen molar-refractivity contribution in [3.8, 4) is 5.75 Å². The van der Waals surface area contributed by atoms with Gasteiger partial charge in [0.15, 0.2) is 0 Å². The van der Waals surface area contributed by atoms with Crippen LogP contribution in [0.3, 0.4) is 0 Å². The monoisotopic (exact) mass is 390 g/mol. The van der Waals surface area contributed by atoms with Crippen molar-refractivity contribution in [3.05, 3.63) is 69.6 Å². The average molecular weight is 391 g/mol. The quantitative estimate of drug-likeness (QED) is 0.623. The van der Waals surface area contributed by atoms with Crippen LogP contribution in [-0.2, 0) is 11.3 Å². The summed E-state index contributed by atoms with van der Waals surface area (Å²) in [6.07, 6.45) is 1.52. The summed E-state index contributed by atoms with van der Waals surface area (Å²) in [5.41, 5.74) is 1.43. The number of nitrogens with zero attached hydrogens (tertiary/aromatic N) is 1. The Labute approximate surface area is 145 Å². The maximum absolute atomic E-state index is 12.9. The second-order valence-electron chi connectivity index (χ2n) is 5.22. The summed E-state index contributed by atoms with van der Waals surface area (Å²) in [7, 11) is 0. The maximum atomic E-state index is 12.9. The number of urea groups is 1. The van der Waals surface area contributed by atoms with Gasteiger partial charge in [0.05, 0.1) is 11.0 Å². The summed E-state index contributed by atoms with van der Waals surface area (Å²) in [4.78, 5) is 25.4. The van der Waals surface area contributed by atoms with E-state index in [0.717, 1.165) is 4.90 Å². The zero-order chi connectivity index (χ0) is 17.3. The molecule has 0 aliphatic carbocycles. The highest BCUT2D eigenvalue weighted by Crippen LogP contribution is 2.26. The molecule has 2 aromatic rings. The zero-order valence-corrected chi connectivity index (χ0v) is 13.9. The molecule has 3 amide bonds. The van der Waals surface area contributed by atoms with E-state index in [1.807, 2.05) is 0 Å². The summed E-state index contributed by atoms with van der Waals surface area (Å²) in [6, 6.07) is 9.79. The van der Waals surface area contributed by atoms with Crippen LogP contribution in [0.4, 0.5) is 9.18 Å². The van der Waals surface area contributed by atoms with Crippen LogP contribution in [-0.4, -0.2) is 21.9 Å². The highest BCUT2D eigenvalue weighted by molar-refractivity contribution is 9.10. The third kappa shape index (κ3) is 3.30. The lowest BCUT2D eigenvalue weighted by molar-refractivity contribution is -0.123. The van der Waals surface area contributed by atoms with Gasteiger partial charge in [0.2, 0.25) is 0 Å². The van der Waals surface area contributed by atoms with Crippen molar-refractivity contribution in [1.29, 1.82) is 0 Å². The van der Waals surface area contributed by atoms with E-state index >= 15 is 0 Å². The predicted octanol–water partition coefficient (Wildman–Crippen LogP) is 3.39. The van der Waals surface area contributed by atoms with Crippen LogP contribution in [0, 0.1) is 5.82 Å². The number of carbonyl (C=O) groups excluding carboxylic acids is 2. The standard InChI is InChI=1S/C17H12BrFN2O3/c18-13-7-11(3-6-15(13)22)8-14-16(23)21(17(24)20-14)9-10-1-4-12(19)5-2-10/h1-8,22H,9H2,(H,20,24)/b14-8+. The fourth-order valence-electron chi connectivity index (χ4n) is 2.27. The smallest absolute Gasteiger partial charge is 0.329 e. The molecule has 0 aromatic heterocycles. The molecule has 1 fully saturated rings. The minimum atomic E-state index is -0.534. The van der Waals surface area contributed by atoms with E-state index in [9.17, 15) is 19.1 Å². The van der Waals surface area contributed by atoms with E-state index in [0.29, 0.717) is 15.6 Å². The van der Waals surface area contributed by atoms with Crippen LogP contribution in [0.25, 0.3) is 6.08 Å². The number of benzene rings is 2. The van der Waals surface area contributed by atoms with Crippen LogP contribution in [0.2, 0.25) is 0 Å². The molecule has 1 aliphatic heterocycles. The lowest BCUT2D eigenvalue weighted by atomic mass is 10.1. The topological polar surface area (TPSA) is 69.6 Å². The van der Waals surface area contributed by atoms with Gasteiger partial charge >= 0.3 is 6.03 Å². The highest BCUT2D eigenvalue weighted by Gasteiger charge is 2.33. The Morgan fingerprint density at radius 2 is 1.88 bits per heavy atom. The van der Waals surface area contributed by atoms with Gasteiger partial charge in [-0.05, 0) is 57.4 Å². The summed E-state index contributed by atoms with van der Waals surface area (Å²) >= 11 is 3.19. The molecule has 7 heteroatoms. The summed E-state index contributed by atoms with van der Waals surface area (Å²) in [6.45, 7) is 0.0571. The van der Waals surface area contributed by atoms with Gasteiger partial charge in [0.25, 0.3) is 5.91 Å². The van der Waals surface area contributed by atoms with Gasteiger partial charge < -0.3 is 10.4 Å². The largest absolute Gasteiger partial charge is 0.507 e. The molecule has 0 unspecified atom stereocenters. The molecular formula is C17H12BrFN2O3.